The smallest absolute Gasteiger partial charge is 0.344 e. The standard InChI is InChI=1S/C19H22F3N5O/c1-18(2,23)17(28)24-14(10-12-6-4-3-5-7-12)16-26-25-15-9-8-13(11-27(15)16)19(20,21)22/h4,6-9,11,14H,3,5,10,23H2,1-2H3,(H,24,28)/t14-/m1/s1. The number of nitrogens with zero attached hydrogens (tertiary/aromatic N) is 3. The van der Waals surface area contributed by atoms with Crippen LogP contribution >= 0.6 is 0 Å². The lowest BCUT2D eigenvalue weighted by Gasteiger charge is -2.24. The molecule has 0 aromatic carbocycles. The molecule has 1 aliphatic carbocycles. The number of nitrogens with two attached hydrogens (primary N) is 1. The Morgan fingerprint density at radius 1 is 1.29 bits per heavy atom. The fourth-order valence-corrected chi connectivity index (χ4v) is 2.92. The van der Waals surface area contributed by atoms with Crippen LogP contribution in [0.5, 0.6) is 0 Å². The molecule has 0 aliphatic heterocycles. The van der Waals surface area contributed by atoms with Crippen molar-refractivity contribution < 1.29 is 18.0 Å². The maximum absolute atomic E-state index is 13.1. The molecule has 0 fully saturated rings. The average Bonchev–Trinajstić information content (AvgIpc) is 3.03. The van der Waals surface area contributed by atoms with E-state index in [2.05, 4.69) is 15.5 Å². The van der Waals surface area contributed by atoms with Gasteiger partial charge in [0.2, 0.25) is 5.91 Å². The Morgan fingerprint density at radius 3 is 2.64 bits per heavy atom. The number of nitrogens with one attached hydrogen (secondary N) is 1. The number of carbonyl (C=O) groups is 1. The number of amides is 1. The van der Waals surface area contributed by atoms with E-state index in [1.54, 1.807) is 13.8 Å². The van der Waals surface area contributed by atoms with Gasteiger partial charge in [-0.3, -0.25) is 9.20 Å². The average molecular weight is 393 g/mol. The minimum absolute atomic E-state index is 0.221. The second-order valence-electron chi connectivity index (χ2n) is 7.41. The third-order valence-corrected chi connectivity index (χ3v) is 4.47. The molecule has 0 spiro atoms. The first kappa shape index (κ1) is 20.1. The molecule has 28 heavy (non-hydrogen) atoms. The van der Waals surface area contributed by atoms with E-state index in [1.165, 1.54) is 10.5 Å². The number of alkyl halides is 3. The fourth-order valence-electron chi connectivity index (χ4n) is 2.92. The summed E-state index contributed by atoms with van der Waals surface area (Å²) in [5.41, 5.74) is 5.15. The van der Waals surface area contributed by atoms with E-state index in [0.717, 1.165) is 30.7 Å². The molecule has 2 aromatic rings. The fraction of sp³-hybridized carbons (Fsp3) is 0.421. The van der Waals surface area contributed by atoms with Gasteiger partial charge in [-0.1, -0.05) is 18.2 Å². The van der Waals surface area contributed by atoms with Crippen LogP contribution in [0.3, 0.4) is 0 Å². The van der Waals surface area contributed by atoms with Gasteiger partial charge in [-0.2, -0.15) is 13.2 Å². The zero-order valence-electron chi connectivity index (χ0n) is 15.6. The van der Waals surface area contributed by atoms with Crippen LogP contribution in [0.1, 0.15) is 50.5 Å². The van der Waals surface area contributed by atoms with Crippen molar-refractivity contribution in [2.24, 2.45) is 5.73 Å². The molecule has 0 unspecified atom stereocenters. The summed E-state index contributed by atoms with van der Waals surface area (Å²) < 4.78 is 40.7. The number of pyridine rings is 1. The number of carbonyl (C=O) groups excluding carboxylic acids is 1. The Kier molecular flexibility index (Phi) is 5.29. The Morgan fingerprint density at radius 2 is 2.04 bits per heavy atom. The Balaban J connectivity index is 2.02. The van der Waals surface area contributed by atoms with E-state index in [1.807, 2.05) is 18.2 Å². The lowest BCUT2D eigenvalue weighted by molar-refractivity contribution is -0.138. The summed E-state index contributed by atoms with van der Waals surface area (Å²) in [6, 6.07) is 1.53. The highest BCUT2D eigenvalue weighted by Crippen LogP contribution is 2.30. The molecule has 0 radical (unpaired) electrons. The number of hydrogen-bond donors (Lipinski definition) is 2. The molecular weight excluding hydrogens is 371 g/mol. The Bertz CT molecular complexity index is 937. The van der Waals surface area contributed by atoms with Gasteiger partial charge in [0.05, 0.1) is 17.1 Å². The van der Waals surface area contributed by atoms with E-state index in [0.29, 0.717) is 6.42 Å². The highest BCUT2D eigenvalue weighted by atomic mass is 19.4. The number of allylic oxidation sites excluding steroid dienone is 3. The number of aromatic nitrogens is 3. The Hall–Kier alpha value is -2.68. The van der Waals surface area contributed by atoms with Gasteiger partial charge in [-0.15, -0.1) is 10.2 Å². The van der Waals surface area contributed by atoms with E-state index in [9.17, 15) is 18.0 Å². The summed E-state index contributed by atoms with van der Waals surface area (Å²) in [5.74, 6) is -0.208. The van der Waals surface area contributed by atoms with Crippen molar-refractivity contribution in [3.63, 3.8) is 0 Å². The lowest BCUT2D eigenvalue weighted by atomic mass is 9.98. The molecule has 2 heterocycles. The van der Waals surface area contributed by atoms with Crippen molar-refractivity contribution in [2.75, 3.05) is 0 Å². The largest absolute Gasteiger partial charge is 0.417 e. The summed E-state index contributed by atoms with van der Waals surface area (Å²) >= 11 is 0. The highest BCUT2D eigenvalue weighted by molar-refractivity contribution is 5.85. The van der Waals surface area contributed by atoms with Crippen LogP contribution in [-0.4, -0.2) is 26.0 Å². The second kappa shape index (κ2) is 7.38. The second-order valence-corrected chi connectivity index (χ2v) is 7.41. The summed E-state index contributed by atoms with van der Waals surface area (Å²) in [4.78, 5) is 12.5. The van der Waals surface area contributed by atoms with Gasteiger partial charge in [-0.25, -0.2) is 0 Å². The van der Waals surface area contributed by atoms with Gasteiger partial charge in [0.15, 0.2) is 11.5 Å². The molecule has 1 amide bonds. The van der Waals surface area contributed by atoms with Crippen molar-refractivity contribution in [1.82, 2.24) is 19.9 Å². The zero-order valence-corrected chi connectivity index (χ0v) is 15.6. The number of rotatable bonds is 5. The monoisotopic (exact) mass is 393 g/mol. The van der Waals surface area contributed by atoms with Crippen molar-refractivity contribution in [2.45, 2.75) is 50.9 Å². The van der Waals surface area contributed by atoms with Crippen LogP contribution in [0.4, 0.5) is 13.2 Å². The molecule has 1 aliphatic rings. The van der Waals surface area contributed by atoms with Crippen LogP contribution in [0, 0.1) is 0 Å². The van der Waals surface area contributed by atoms with Crippen LogP contribution < -0.4 is 11.1 Å². The SMILES string of the molecule is CC(C)(N)C(=O)N[C@H](CC1=CCCC=C1)c1nnc2ccc(C(F)(F)F)cn12. The van der Waals surface area contributed by atoms with Gasteiger partial charge < -0.3 is 11.1 Å². The zero-order chi connectivity index (χ0) is 20.5. The van der Waals surface area contributed by atoms with E-state index >= 15 is 0 Å². The summed E-state index contributed by atoms with van der Waals surface area (Å²) in [5, 5.41) is 10.8. The van der Waals surface area contributed by atoms with Crippen LogP contribution in [-0.2, 0) is 11.0 Å². The predicted molar refractivity (Wildman–Crippen MR) is 98.2 cm³/mol. The molecule has 0 saturated carbocycles. The summed E-state index contributed by atoms with van der Waals surface area (Å²) in [7, 11) is 0. The van der Waals surface area contributed by atoms with Crippen molar-refractivity contribution in [1.29, 1.82) is 0 Å². The maximum Gasteiger partial charge on any atom is 0.417 e. The molecule has 0 bridgehead atoms. The quantitative estimate of drug-likeness (QED) is 0.816. The van der Waals surface area contributed by atoms with Gasteiger partial charge in [0.25, 0.3) is 0 Å². The topological polar surface area (TPSA) is 85.3 Å². The van der Waals surface area contributed by atoms with Crippen molar-refractivity contribution in [3.05, 3.63) is 53.5 Å². The lowest BCUT2D eigenvalue weighted by Crippen LogP contribution is -2.50. The third kappa shape index (κ3) is 4.41. The van der Waals surface area contributed by atoms with Crippen LogP contribution in [0.25, 0.3) is 5.65 Å². The van der Waals surface area contributed by atoms with Gasteiger partial charge in [0.1, 0.15) is 0 Å². The molecular formula is C19H22F3N5O. The molecule has 2 aromatic heterocycles. The first-order valence-corrected chi connectivity index (χ1v) is 8.93. The minimum Gasteiger partial charge on any atom is -0.344 e. The number of hydrogen-bond acceptors (Lipinski definition) is 4. The first-order valence-electron chi connectivity index (χ1n) is 8.93. The third-order valence-electron chi connectivity index (χ3n) is 4.47. The van der Waals surface area contributed by atoms with E-state index in [4.69, 9.17) is 5.73 Å². The first-order chi connectivity index (χ1) is 13.1. The van der Waals surface area contributed by atoms with Gasteiger partial charge >= 0.3 is 6.18 Å². The minimum atomic E-state index is -4.50. The molecule has 0 saturated heterocycles. The molecule has 9 heteroatoms. The Labute approximate surface area is 160 Å². The highest BCUT2D eigenvalue weighted by Gasteiger charge is 2.32. The van der Waals surface area contributed by atoms with E-state index < -0.39 is 29.2 Å². The summed E-state index contributed by atoms with van der Waals surface area (Å²) in [6.45, 7) is 3.12. The molecule has 1 atom stereocenters. The van der Waals surface area contributed by atoms with Crippen molar-refractivity contribution >= 4 is 11.6 Å². The normalized spacial score (nSPS) is 16.1. The van der Waals surface area contributed by atoms with Crippen LogP contribution in [0.15, 0.2) is 42.1 Å². The van der Waals surface area contributed by atoms with Gasteiger partial charge in [0, 0.05) is 6.20 Å². The molecule has 3 N–H and O–H groups in total. The van der Waals surface area contributed by atoms with Crippen molar-refractivity contribution in [3.8, 4) is 0 Å². The summed E-state index contributed by atoms with van der Waals surface area (Å²) in [6.07, 6.45) is 4.62. The molecule has 3 rings (SSSR count). The van der Waals surface area contributed by atoms with Crippen LogP contribution in [0.2, 0.25) is 0 Å². The number of fused-ring (bicyclic) bond motifs is 1. The predicted octanol–water partition coefficient (Wildman–Crippen LogP) is 3.31. The number of halogens is 3. The maximum atomic E-state index is 13.1. The van der Waals surface area contributed by atoms with E-state index in [-0.39, 0.29) is 11.5 Å². The molecule has 6 nitrogen and oxygen atoms in total. The molecule has 150 valence electrons. The van der Waals surface area contributed by atoms with Gasteiger partial charge in [-0.05, 0) is 50.8 Å².